The number of aromatic nitrogens is 1. The Morgan fingerprint density at radius 2 is 1.96 bits per heavy atom. The monoisotopic (exact) mass is 336 g/mol. The number of benzene rings is 2. The molecule has 0 bridgehead atoms. The van der Waals surface area contributed by atoms with E-state index >= 15 is 0 Å². The van der Waals surface area contributed by atoms with Crippen LogP contribution in [0, 0.1) is 0 Å². The summed E-state index contributed by atoms with van der Waals surface area (Å²) in [5, 5.41) is 3.11. The molecule has 1 amide bonds. The Labute approximate surface area is 145 Å². The highest BCUT2D eigenvalue weighted by atomic mass is 16.4. The number of rotatable bonds is 3. The molecule has 0 saturated heterocycles. The number of fused-ring (bicyclic) bond motifs is 2. The van der Waals surface area contributed by atoms with E-state index in [1.165, 1.54) is 15.7 Å². The number of hydrogen-bond acceptors (Lipinski definition) is 3. The van der Waals surface area contributed by atoms with Gasteiger partial charge in [0, 0.05) is 0 Å². The average molecular weight is 336 g/mol. The van der Waals surface area contributed by atoms with Gasteiger partial charge in [0.1, 0.15) is 6.04 Å². The highest BCUT2D eigenvalue weighted by Gasteiger charge is 2.26. The Balaban J connectivity index is 1.61. The first kappa shape index (κ1) is 15.7. The summed E-state index contributed by atoms with van der Waals surface area (Å²) in [6.07, 6.45) is 3.01. The summed E-state index contributed by atoms with van der Waals surface area (Å²) >= 11 is 0. The van der Waals surface area contributed by atoms with Crippen molar-refractivity contribution in [3.63, 3.8) is 0 Å². The van der Waals surface area contributed by atoms with E-state index in [-0.39, 0.29) is 11.9 Å². The molecule has 0 spiro atoms. The normalized spacial score (nSPS) is 17.9. The van der Waals surface area contributed by atoms with Crippen LogP contribution in [0.25, 0.3) is 11.1 Å². The molecule has 2 atom stereocenters. The molecule has 4 rings (SSSR count). The van der Waals surface area contributed by atoms with Gasteiger partial charge in [0.2, 0.25) is 5.91 Å². The molecule has 5 nitrogen and oxygen atoms in total. The topological polar surface area (TPSA) is 64.2 Å². The zero-order valence-corrected chi connectivity index (χ0v) is 14.1. The molecule has 25 heavy (non-hydrogen) atoms. The molecular formula is C20H20N2O3. The predicted octanol–water partition coefficient (Wildman–Crippen LogP) is 3.35. The fraction of sp³-hybridized carbons (Fsp3) is 0.300. The van der Waals surface area contributed by atoms with Gasteiger partial charge in [0.25, 0.3) is 0 Å². The second-order valence-electron chi connectivity index (χ2n) is 6.53. The third-order valence-corrected chi connectivity index (χ3v) is 4.97. The van der Waals surface area contributed by atoms with E-state index in [0.717, 1.165) is 19.3 Å². The van der Waals surface area contributed by atoms with Crippen LogP contribution in [0.1, 0.15) is 43.0 Å². The van der Waals surface area contributed by atoms with Crippen LogP contribution in [0.5, 0.6) is 0 Å². The van der Waals surface area contributed by atoms with E-state index in [0.29, 0.717) is 11.1 Å². The van der Waals surface area contributed by atoms with E-state index in [1.54, 1.807) is 25.1 Å². The fourth-order valence-corrected chi connectivity index (χ4v) is 3.66. The number of aryl methyl sites for hydroxylation is 1. The maximum Gasteiger partial charge on any atom is 0.420 e. The van der Waals surface area contributed by atoms with Crippen molar-refractivity contribution in [3.05, 3.63) is 70.2 Å². The van der Waals surface area contributed by atoms with Gasteiger partial charge in [0.15, 0.2) is 5.58 Å². The van der Waals surface area contributed by atoms with Crippen molar-refractivity contribution in [2.24, 2.45) is 0 Å². The SMILES string of the molecule is CC(C(=O)NC1CCCc2ccccc21)n1c(=O)oc2ccccc21. The minimum atomic E-state index is -0.634. The summed E-state index contributed by atoms with van der Waals surface area (Å²) in [6.45, 7) is 1.73. The first-order valence-corrected chi connectivity index (χ1v) is 8.63. The summed E-state index contributed by atoms with van der Waals surface area (Å²) in [7, 11) is 0. The van der Waals surface area contributed by atoms with Crippen LogP contribution >= 0.6 is 0 Å². The van der Waals surface area contributed by atoms with Crippen LogP contribution in [-0.2, 0) is 11.2 Å². The number of oxazole rings is 1. The maximum atomic E-state index is 12.8. The summed E-state index contributed by atoms with van der Waals surface area (Å²) in [6, 6.07) is 14.7. The third kappa shape index (κ3) is 2.76. The summed E-state index contributed by atoms with van der Waals surface area (Å²) < 4.78 is 6.66. The van der Waals surface area contributed by atoms with Gasteiger partial charge in [-0.25, -0.2) is 4.79 Å². The van der Waals surface area contributed by atoms with Crippen LogP contribution in [0.3, 0.4) is 0 Å². The first-order valence-electron chi connectivity index (χ1n) is 8.63. The fourth-order valence-electron chi connectivity index (χ4n) is 3.66. The molecule has 0 aliphatic heterocycles. The quantitative estimate of drug-likeness (QED) is 0.798. The second kappa shape index (κ2) is 6.24. The lowest BCUT2D eigenvalue weighted by molar-refractivity contribution is -0.124. The van der Waals surface area contributed by atoms with Crippen LogP contribution < -0.4 is 11.1 Å². The van der Waals surface area contributed by atoms with Crippen molar-refractivity contribution in [2.45, 2.75) is 38.3 Å². The molecule has 0 fully saturated rings. The summed E-state index contributed by atoms with van der Waals surface area (Å²) in [5.74, 6) is -0.678. The molecule has 1 heterocycles. The number of amides is 1. The molecule has 1 N–H and O–H groups in total. The minimum Gasteiger partial charge on any atom is -0.408 e. The number of nitrogens with one attached hydrogen (secondary N) is 1. The molecule has 0 saturated carbocycles. The van der Waals surface area contributed by atoms with Crippen LogP contribution in [0.4, 0.5) is 0 Å². The van der Waals surface area contributed by atoms with E-state index in [2.05, 4.69) is 17.4 Å². The molecule has 1 aliphatic carbocycles. The molecule has 2 aromatic carbocycles. The Hall–Kier alpha value is -2.82. The van der Waals surface area contributed by atoms with Crippen LogP contribution in [0.2, 0.25) is 0 Å². The van der Waals surface area contributed by atoms with Gasteiger partial charge in [-0.1, -0.05) is 36.4 Å². The molecule has 2 unspecified atom stereocenters. The highest BCUT2D eigenvalue weighted by molar-refractivity contribution is 5.83. The van der Waals surface area contributed by atoms with Crippen molar-refractivity contribution in [1.29, 1.82) is 0 Å². The molecular weight excluding hydrogens is 316 g/mol. The van der Waals surface area contributed by atoms with Crippen molar-refractivity contribution >= 4 is 17.0 Å². The molecule has 0 radical (unpaired) electrons. The van der Waals surface area contributed by atoms with Gasteiger partial charge >= 0.3 is 5.76 Å². The largest absolute Gasteiger partial charge is 0.420 e. The van der Waals surface area contributed by atoms with Gasteiger partial charge in [-0.2, -0.15) is 0 Å². The smallest absolute Gasteiger partial charge is 0.408 e. The second-order valence-corrected chi connectivity index (χ2v) is 6.53. The van der Waals surface area contributed by atoms with Gasteiger partial charge in [-0.05, 0) is 49.4 Å². The molecule has 1 aromatic heterocycles. The number of carbonyl (C=O) groups excluding carboxylic acids is 1. The predicted molar refractivity (Wildman–Crippen MR) is 95.4 cm³/mol. The number of carbonyl (C=O) groups is 1. The average Bonchev–Trinajstić information content (AvgIpc) is 2.97. The Morgan fingerprint density at radius 1 is 1.20 bits per heavy atom. The summed E-state index contributed by atoms with van der Waals surface area (Å²) in [5.41, 5.74) is 3.60. The van der Waals surface area contributed by atoms with E-state index < -0.39 is 11.8 Å². The van der Waals surface area contributed by atoms with Crippen molar-refractivity contribution in [3.8, 4) is 0 Å². The lowest BCUT2D eigenvalue weighted by atomic mass is 9.87. The van der Waals surface area contributed by atoms with Crippen LogP contribution in [-0.4, -0.2) is 10.5 Å². The first-order chi connectivity index (χ1) is 12.1. The molecule has 1 aliphatic rings. The van der Waals surface area contributed by atoms with Crippen molar-refractivity contribution < 1.29 is 9.21 Å². The zero-order chi connectivity index (χ0) is 17.4. The van der Waals surface area contributed by atoms with E-state index in [1.807, 2.05) is 18.2 Å². The number of nitrogens with zero attached hydrogens (tertiary/aromatic N) is 1. The lowest BCUT2D eigenvalue weighted by Crippen LogP contribution is -2.37. The third-order valence-electron chi connectivity index (χ3n) is 4.97. The standard InChI is InChI=1S/C20H20N2O3/c1-13(22-17-11-4-5-12-18(17)25-20(22)24)19(23)21-16-10-6-8-14-7-2-3-9-15(14)16/h2-5,7,9,11-13,16H,6,8,10H2,1H3,(H,21,23). The van der Waals surface area contributed by atoms with Crippen molar-refractivity contribution in [1.82, 2.24) is 9.88 Å². The van der Waals surface area contributed by atoms with E-state index in [4.69, 9.17) is 4.42 Å². The zero-order valence-electron chi connectivity index (χ0n) is 14.1. The summed E-state index contributed by atoms with van der Waals surface area (Å²) in [4.78, 5) is 25.0. The van der Waals surface area contributed by atoms with Crippen molar-refractivity contribution in [2.75, 3.05) is 0 Å². The van der Waals surface area contributed by atoms with Gasteiger partial charge < -0.3 is 9.73 Å². The van der Waals surface area contributed by atoms with Gasteiger partial charge in [-0.3, -0.25) is 9.36 Å². The van der Waals surface area contributed by atoms with Gasteiger partial charge in [-0.15, -0.1) is 0 Å². The number of hydrogen-bond donors (Lipinski definition) is 1. The van der Waals surface area contributed by atoms with E-state index in [9.17, 15) is 9.59 Å². The Kier molecular flexibility index (Phi) is 3.92. The Bertz CT molecular complexity index is 986. The van der Waals surface area contributed by atoms with Crippen LogP contribution in [0.15, 0.2) is 57.7 Å². The highest BCUT2D eigenvalue weighted by Crippen LogP contribution is 2.30. The number of para-hydroxylation sites is 2. The lowest BCUT2D eigenvalue weighted by Gasteiger charge is -2.27. The van der Waals surface area contributed by atoms with Gasteiger partial charge in [0.05, 0.1) is 11.6 Å². The molecule has 3 aromatic rings. The Morgan fingerprint density at radius 3 is 2.84 bits per heavy atom. The molecule has 128 valence electrons. The molecule has 5 heteroatoms. The minimum absolute atomic E-state index is 0.00577. The maximum absolute atomic E-state index is 12.8.